The topological polar surface area (TPSA) is 67.6 Å². The highest BCUT2D eigenvalue weighted by molar-refractivity contribution is 9.11. The van der Waals surface area contributed by atoms with Gasteiger partial charge in [-0.25, -0.2) is 10.2 Å². The number of halogens is 2. The van der Waals surface area contributed by atoms with E-state index < -0.39 is 12.3 Å². The van der Waals surface area contributed by atoms with Crippen molar-refractivity contribution < 1.29 is 9.53 Å². The molecule has 1 unspecified atom stereocenters. The summed E-state index contributed by atoms with van der Waals surface area (Å²) in [7, 11) is 0. The lowest BCUT2D eigenvalue weighted by Gasteiger charge is -2.36. The Bertz CT molecular complexity index is 694. The molecule has 1 amide bonds. The normalized spacial score (nSPS) is 17.4. The Labute approximate surface area is 138 Å². The van der Waals surface area contributed by atoms with Crippen LogP contribution in [0.25, 0.3) is 0 Å². The number of hydrogen-bond donors (Lipinski definition) is 2. The van der Waals surface area contributed by atoms with Crippen molar-refractivity contribution in [3.63, 3.8) is 0 Å². The van der Waals surface area contributed by atoms with E-state index in [1.165, 1.54) is 4.90 Å². The number of nitrogens with two attached hydrogens (primary N) is 1. The first-order valence-electron chi connectivity index (χ1n) is 6.13. The maximum absolute atomic E-state index is 12.3. The van der Waals surface area contributed by atoms with Crippen LogP contribution in [-0.4, -0.2) is 6.09 Å². The summed E-state index contributed by atoms with van der Waals surface area (Å²) < 4.78 is 6.99. The van der Waals surface area contributed by atoms with Gasteiger partial charge in [0.1, 0.15) is 6.17 Å². The van der Waals surface area contributed by atoms with Crippen LogP contribution in [0.5, 0.6) is 5.75 Å². The third-order valence-corrected chi connectivity index (χ3v) is 4.22. The van der Waals surface area contributed by atoms with Crippen molar-refractivity contribution >= 4 is 43.6 Å². The zero-order chi connectivity index (χ0) is 15.0. The quantitative estimate of drug-likeness (QED) is 0.583. The number of nitrogens with zero attached hydrogens (tertiary/aromatic N) is 1. The second-order valence-electron chi connectivity index (χ2n) is 4.45. The summed E-state index contributed by atoms with van der Waals surface area (Å²) in [5.41, 5.74) is 4.14. The number of carbonyl (C=O) groups is 1. The molecule has 1 aliphatic rings. The molecule has 0 aliphatic carbocycles. The Kier molecular flexibility index (Phi) is 3.99. The van der Waals surface area contributed by atoms with Gasteiger partial charge in [-0.15, -0.1) is 0 Å². The highest BCUT2D eigenvalue weighted by Crippen LogP contribution is 2.42. The second-order valence-corrected chi connectivity index (χ2v) is 6.22. The van der Waals surface area contributed by atoms with Gasteiger partial charge < -0.3 is 4.74 Å². The smallest absolute Gasteiger partial charge is 0.408 e. The lowest BCUT2D eigenvalue weighted by atomic mass is 10.1. The van der Waals surface area contributed by atoms with Crippen molar-refractivity contribution in [2.75, 3.05) is 4.90 Å². The molecule has 0 spiro atoms. The van der Waals surface area contributed by atoms with E-state index in [9.17, 15) is 4.79 Å². The van der Waals surface area contributed by atoms with Crippen molar-refractivity contribution in [1.29, 1.82) is 0 Å². The van der Waals surface area contributed by atoms with E-state index in [1.807, 2.05) is 42.5 Å². The Hall–Kier alpha value is -1.41. The standard InChI is InChI=1S/C14H11Br2N3O2/c15-8-6-10-12(11(16)7-8)21-14(20)19(13(10)18-17)9-4-2-1-3-5-9/h1-7,13,18H,17H2. The van der Waals surface area contributed by atoms with E-state index in [0.29, 0.717) is 15.9 Å². The monoisotopic (exact) mass is 411 g/mol. The van der Waals surface area contributed by atoms with Gasteiger partial charge in [-0.05, 0) is 40.2 Å². The fraction of sp³-hybridized carbons (Fsp3) is 0.0714. The van der Waals surface area contributed by atoms with Crippen LogP contribution in [0.15, 0.2) is 51.4 Å². The molecular formula is C14H11Br2N3O2. The van der Waals surface area contributed by atoms with Crippen molar-refractivity contribution in [1.82, 2.24) is 5.43 Å². The number of carbonyl (C=O) groups excluding carboxylic acids is 1. The molecule has 0 fully saturated rings. The van der Waals surface area contributed by atoms with Crippen LogP contribution in [0.1, 0.15) is 11.7 Å². The van der Waals surface area contributed by atoms with E-state index >= 15 is 0 Å². The van der Waals surface area contributed by atoms with Gasteiger partial charge in [0.15, 0.2) is 5.75 Å². The minimum Gasteiger partial charge on any atom is -0.408 e. The number of benzene rings is 2. The molecule has 0 saturated carbocycles. The van der Waals surface area contributed by atoms with Crippen LogP contribution in [-0.2, 0) is 0 Å². The molecule has 0 radical (unpaired) electrons. The summed E-state index contributed by atoms with van der Waals surface area (Å²) in [6, 6.07) is 12.9. The van der Waals surface area contributed by atoms with Gasteiger partial charge in [-0.3, -0.25) is 10.7 Å². The Morgan fingerprint density at radius 3 is 2.57 bits per heavy atom. The number of nitrogens with one attached hydrogen (secondary N) is 1. The molecule has 3 N–H and O–H groups in total. The average Bonchev–Trinajstić information content (AvgIpc) is 2.48. The number of ether oxygens (including phenoxy) is 1. The van der Waals surface area contributed by atoms with Crippen LogP contribution in [0.2, 0.25) is 0 Å². The van der Waals surface area contributed by atoms with Crippen molar-refractivity contribution in [2.45, 2.75) is 6.17 Å². The summed E-state index contributed by atoms with van der Waals surface area (Å²) in [4.78, 5) is 13.8. The molecule has 3 rings (SSSR count). The highest BCUT2D eigenvalue weighted by Gasteiger charge is 2.36. The molecule has 1 atom stereocenters. The van der Waals surface area contributed by atoms with Gasteiger partial charge in [0.05, 0.1) is 4.47 Å². The summed E-state index contributed by atoms with van der Waals surface area (Å²) in [5.74, 6) is 6.15. The number of fused-ring (bicyclic) bond motifs is 1. The van der Waals surface area contributed by atoms with E-state index in [-0.39, 0.29) is 0 Å². The number of hydrogen-bond acceptors (Lipinski definition) is 4. The Morgan fingerprint density at radius 1 is 1.19 bits per heavy atom. The van der Waals surface area contributed by atoms with Crippen LogP contribution < -0.4 is 20.9 Å². The van der Waals surface area contributed by atoms with E-state index in [2.05, 4.69) is 37.3 Å². The summed E-state index contributed by atoms with van der Waals surface area (Å²) in [5, 5.41) is 0. The SMILES string of the molecule is NNC1c2cc(Br)cc(Br)c2OC(=O)N1c1ccccc1. The van der Waals surface area contributed by atoms with E-state index in [0.717, 1.165) is 10.0 Å². The predicted molar refractivity (Wildman–Crippen MR) is 86.9 cm³/mol. The molecule has 0 aromatic heterocycles. The molecule has 0 saturated heterocycles. The number of rotatable bonds is 2. The molecule has 2 aromatic rings. The zero-order valence-corrected chi connectivity index (χ0v) is 13.9. The van der Waals surface area contributed by atoms with Crippen LogP contribution in [0.4, 0.5) is 10.5 Å². The molecule has 0 bridgehead atoms. The predicted octanol–water partition coefficient (Wildman–Crippen LogP) is 3.69. The summed E-state index contributed by atoms with van der Waals surface area (Å²) >= 11 is 6.83. The fourth-order valence-corrected chi connectivity index (χ4v) is 3.62. The first kappa shape index (κ1) is 14.5. The van der Waals surface area contributed by atoms with E-state index in [1.54, 1.807) is 0 Å². The lowest BCUT2D eigenvalue weighted by molar-refractivity contribution is 0.195. The largest absolute Gasteiger partial charge is 0.421 e. The maximum atomic E-state index is 12.3. The number of para-hydroxylation sites is 1. The van der Waals surface area contributed by atoms with Gasteiger partial charge in [-0.2, -0.15) is 0 Å². The first-order chi connectivity index (χ1) is 10.1. The molecule has 1 aliphatic heterocycles. The minimum atomic E-state index is -0.516. The summed E-state index contributed by atoms with van der Waals surface area (Å²) in [6.45, 7) is 0. The van der Waals surface area contributed by atoms with Gasteiger partial charge in [0.2, 0.25) is 0 Å². The van der Waals surface area contributed by atoms with Gasteiger partial charge in [0.25, 0.3) is 0 Å². The van der Waals surface area contributed by atoms with Crippen LogP contribution in [0.3, 0.4) is 0 Å². The van der Waals surface area contributed by atoms with Gasteiger partial charge in [0, 0.05) is 15.7 Å². The van der Waals surface area contributed by atoms with Crippen LogP contribution >= 0.6 is 31.9 Å². The maximum Gasteiger partial charge on any atom is 0.421 e. The summed E-state index contributed by atoms with van der Waals surface area (Å²) in [6.07, 6.45) is -1.00. The van der Waals surface area contributed by atoms with Gasteiger partial charge >= 0.3 is 6.09 Å². The minimum absolute atomic E-state index is 0.471. The van der Waals surface area contributed by atoms with Crippen LogP contribution in [0, 0.1) is 0 Å². The third-order valence-electron chi connectivity index (χ3n) is 3.17. The molecule has 108 valence electrons. The third kappa shape index (κ3) is 2.57. The Morgan fingerprint density at radius 2 is 1.90 bits per heavy atom. The number of anilines is 1. The molecular weight excluding hydrogens is 402 g/mol. The molecule has 5 nitrogen and oxygen atoms in total. The van der Waals surface area contributed by atoms with Gasteiger partial charge in [-0.1, -0.05) is 34.1 Å². The number of amides is 1. The average molecular weight is 413 g/mol. The number of hydrazine groups is 1. The fourth-order valence-electron chi connectivity index (χ4n) is 2.28. The molecule has 2 aromatic carbocycles. The first-order valence-corrected chi connectivity index (χ1v) is 7.71. The Balaban J connectivity index is 2.14. The highest BCUT2D eigenvalue weighted by atomic mass is 79.9. The van der Waals surface area contributed by atoms with Crippen molar-refractivity contribution in [2.24, 2.45) is 5.84 Å². The lowest BCUT2D eigenvalue weighted by Crippen LogP contribution is -2.49. The molecule has 1 heterocycles. The van der Waals surface area contributed by atoms with E-state index in [4.69, 9.17) is 10.6 Å². The van der Waals surface area contributed by atoms with Crippen molar-refractivity contribution in [3.8, 4) is 5.75 Å². The molecule has 21 heavy (non-hydrogen) atoms. The second kappa shape index (κ2) is 5.76. The zero-order valence-electron chi connectivity index (χ0n) is 10.7. The molecule has 7 heteroatoms. The van der Waals surface area contributed by atoms with Crippen molar-refractivity contribution in [3.05, 3.63) is 57.0 Å².